The van der Waals surface area contributed by atoms with Crippen LogP contribution < -0.4 is 0 Å². The number of allylic oxidation sites excluding steroid dienone is 1. The third-order valence-electron chi connectivity index (χ3n) is 1.99. The van der Waals surface area contributed by atoms with Crippen molar-refractivity contribution >= 4 is 5.97 Å². The zero-order valence-corrected chi connectivity index (χ0v) is 8.67. The van der Waals surface area contributed by atoms with Gasteiger partial charge < -0.3 is 4.74 Å². The van der Waals surface area contributed by atoms with Crippen molar-refractivity contribution in [2.75, 3.05) is 0 Å². The van der Waals surface area contributed by atoms with Gasteiger partial charge in [-0.15, -0.1) is 0 Å². The maximum Gasteiger partial charge on any atom is 0.306 e. The van der Waals surface area contributed by atoms with Gasteiger partial charge in [0.15, 0.2) is 0 Å². The molecule has 1 fully saturated rings. The molecule has 0 N–H and O–H groups in total. The number of rotatable bonds is 2. The molecular formula is C11H18O2. The number of hydrogen-bond acceptors (Lipinski definition) is 2. The van der Waals surface area contributed by atoms with E-state index in [0.29, 0.717) is 6.42 Å². The molecule has 0 bridgehead atoms. The summed E-state index contributed by atoms with van der Waals surface area (Å²) in [6.45, 7) is 6.47. The molecule has 13 heavy (non-hydrogen) atoms. The Hall–Kier alpha value is -0.790. The first-order valence-corrected chi connectivity index (χ1v) is 4.84. The number of carbonyl (C=O) groups excluding carboxylic acids is 1. The molecule has 0 aromatic heterocycles. The van der Waals surface area contributed by atoms with E-state index in [2.05, 4.69) is 32.9 Å². The van der Waals surface area contributed by atoms with Crippen molar-refractivity contribution in [1.82, 2.24) is 0 Å². The number of esters is 1. The highest BCUT2D eigenvalue weighted by atomic mass is 16.5. The largest absolute Gasteiger partial charge is 0.462 e. The second kappa shape index (κ2) is 3.95. The van der Waals surface area contributed by atoms with Crippen LogP contribution in [-0.4, -0.2) is 12.1 Å². The van der Waals surface area contributed by atoms with Crippen LogP contribution in [0.15, 0.2) is 12.2 Å². The summed E-state index contributed by atoms with van der Waals surface area (Å²) < 4.78 is 5.09. The summed E-state index contributed by atoms with van der Waals surface area (Å²) in [5.41, 5.74) is 0.225. The number of carbonyl (C=O) groups is 1. The molecule has 1 heterocycles. The molecule has 1 aliphatic rings. The van der Waals surface area contributed by atoms with Crippen LogP contribution in [-0.2, 0) is 9.53 Å². The summed E-state index contributed by atoms with van der Waals surface area (Å²) >= 11 is 0. The summed E-state index contributed by atoms with van der Waals surface area (Å²) in [6, 6.07) is 0. The van der Waals surface area contributed by atoms with Crippen LogP contribution in [0.5, 0.6) is 0 Å². The molecule has 0 unspecified atom stereocenters. The van der Waals surface area contributed by atoms with Gasteiger partial charge in [0.2, 0.25) is 0 Å². The van der Waals surface area contributed by atoms with E-state index in [0.717, 1.165) is 12.8 Å². The van der Waals surface area contributed by atoms with E-state index in [1.165, 1.54) is 0 Å². The van der Waals surface area contributed by atoms with E-state index in [1.807, 2.05) is 0 Å². The molecule has 0 radical (unpaired) electrons. The quantitative estimate of drug-likeness (QED) is 0.485. The predicted octanol–water partition coefficient (Wildman–Crippen LogP) is 2.68. The lowest BCUT2D eigenvalue weighted by Gasteiger charge is -2.12. The molecule has 2 heteroatoms. The maximum atomic E-state index is 10.8. The fourth-order valence-electron chi connectivity index (χ4n) is 1.32. The molecule has 0 saturated carbocycles. The van der Waals surface area contributed by atoms with Crippen LogP contribution in [0.1, 0.15) is 40.0 Å². The van der Waals surface area contributed by atoms with Crippen molar-refractivity contribution in [3.8, 4) is 0 Å². The number of ether oxygens (including phenoxy) is 1. The Morgan fingerprint density at radius 3 is 2.69 bits per heavy atom. The van der Waals surface area contributed by atoms with E-state index >= 15 is 0 Å². The van der Waals surface area contributed by atoms with Crippen molar-refractivity contribution in [3.05, 3.63) is 12.2 Å². The minimum Gasteiger partial charge on any atom is -0.462 e. The van der Waals surface area contributed by atoms with Crippen LogP contribution in [0.4, 0.5) is 0 Å². The van der Waals surface area contributed by atoms with Crippen LogP contribution in [0.3, 0.4) is 0 Å². The van der Waals surface area contributed by atoms with Crippen LogP contribution in [0.25, 0.3) is 0 Å². The molecule has 1 saturated heterocycles. The lowest BCUT2D eigenvalue weighted by atomic mass is 9.95. The van der Waals surface area contributed by atoms with Crippen molar-refractivity contribution in [1.29, 1.82) is 0 Å². The monoisotopic (exact) mass is 182 g/mol. The SMILES string of the molecule is CC(C)(C)/C=C/C[C@H]1CCC(=O)O1. The molecule has 0 amide bonds. The molecule has 1 rings (SSSR count). The highest BCUT2D eigenvalue weighted by molar-refractivity contribution is 5.71. The Kier molecular flexibility index (Phi) is 3.12. The van der Waals surface area contributed by atoms with Gasteiger partial charge in [0.05, 0.1) is 0 Å². The van der Waals surface area contributed by atoms with Crippen LogP contribution in [0.2, 0.25) is 0 Å². The van der Waals surface area contributed by atoms with Crippen molar-refractivity contribution < 1.29 is 9.53 Å². The summed E-state index contributed by atoms with van der Waals surface area (Å²) in [5, 5.41) is 0. The van der Waals surface area contributed by atoms with Crippen molar-refractivity contribution in [3.63, 3.8) is 0 Å². The highest BCUT2D eigenvalue weighted by Crippen LogP contribution is 2.19. The van der Waals surface area contributed by atoms with Gasteiger partial charge in [-0.1, -0.05) is 32.9 Å². The Labute approximate surface area is 80.0 Å². The van der Waals surface area contributed by atoms with Gasteiger partial charge in [0, 0.05) is 12.8 Å². The molecule has 0 aromatic rings. The van der Waals surface area contributed by atoms with Gasteiger partial charge in [-0.2, -0.15) is 0 Å². The lowest BCUT2D eigenvalue weighted by molar-refractivity contribution is -0.141. The first-order valence-electron chi connectivity index (χ1n) is 4.84. The van der Waals surface area contributed by atoms with E-state index in [4.69, 9.17) is 4.74 Å². The molecule has 1 aliphatic heterocycles. The third-order valence-corrected chi connectivity index (χ3v) is 1.99. The summed E-state index contributed by atoms with van der Waals surface area (Å²) in [5.74, 6) is -0.0471. The molecular weight excluding hydrogens is 164 g/mol. The minimum atomic E-state index is -0.0471. The Morgan fingerprint density at radius 2 is 2.23 bits per heavy atom. The first kappa shape index (κ1) is 10.3. The van der Waals surface area contributed by atoms with Crippen LogP contribution >= 0.6 is 0 Å². The average molecular weight is 182 g/mol. The molecule has 0 spiro atoms. The summed E-state index contributed by atoms with van der Waals surface area (Å²) in [7, 11) is 0. The van der Waals surface area contributed by atoms with Gasteiger partial charge in [-0.05, 0) is 11.8 Å². The van der Waals surface area contributed by atoms with Gasteiger partial charge in [-0.3, -0.25) is 4.79 Å². The number of hydrogen-bond donors (Lipinski definition) is 0. The third kappa shape index (κ3) is 4.11. The Bertz CT molecular complexity index is 211. The predicted molar refractivity (Wildman–Crippen MR) is 52.3 cm³/mol. The second-order valence-corrected chi connectivity index (χ2v) is 4.65. The Balaban J connectivity index is 2.27. The lowest BCUT2D eigenvalue weighted by Crippen LogP contribution is -2.06. The smallest absolute Gasteiger partial charge is 0.306 e. The molecule has 1 atom stereocenters. The van der Waals surface area contributed by atoms with E-state index in [9.17, 15) is 4.79 Å². The number of cyclic esters (lactones) is 1. The van der Waals surface area contributed by atoms with Gasteiger partial charge in [-0.25, -0.2) is 0 Å². The Morgan fingerprint density at radius 1 is 1.54 bits per heavy atom. The zero-order chi connectivity index (χ0) is 9.90. The summed E-state index contributed by atoms with van der Waals surface area (Å²) in [4.78, 5) is 10.8. The topological polar surface area (TPSA) is 26.3 Å². The second-order valence-electron chi connectivity index (χ2n) is 4.65. The first-order chi connectivity index (χ1) is 5.97. The van der Waals surface area contributed by atoms with Gasteiger partial charge in [0.25, 0.3) is 0 Å². The van der Waals surface area contributed by atoms with E-state index < -0.39 is 0 Å². The normalized spacial score (nSPS) is 23.9. The molecule has 74 valence electrons. The van der Waals surface area contributed by atoms with E-state index in [-0.39, 0.29) is 17.5 Å². The fourth-order valence-corrected chi connectivity index (χ4v) is 1.32. The van der Waals surface area contributed by atoms with Gasteiger partial charge in [0.1, 0.15) is 6.10 Å². The zero-order valence-electron chi connectivity index (χ0n) is 8.67. The standard InChI is InChI=1S/C11H18O2/c1-11(2,3)8-4-5-9-6-7-10(12)13-9/h4,8-9H,5-7H2,1-3H3/b8-4+/t9-/m0/s1. The minimum absolute atomic E-state index is 0.0471. The molecule has 0 aliphatic carbocycles. The maximum absolute atomic E-state index is 10.8. The van der Waals surface area contributed by atoms with E-state index in [1.54, 1.807) is 0 Å². The van der Waals surface area contributed by atoms with Crippen molar-refractivity contribution in [2.24, 2.45) is 5.41 Å². The molecule has 0 aromatic carbocycles. The fraction of sp³-hybridized carbons (Fsp3) is 0.727. The van der Waals surface area contributed by atoms with Crippen molar-refractivity contribution in [2.45, 2.75) is 46.1 Å². The average Bonchev–Trinajstić information content (AvgIpc) is 2.33. The summed E-state index contributed by atoms with van der Waals surface area (Å²) in [6.07, 6.45) is 6.75. The van der Waals surface area contributed by atoms with Crippen LogP contribution in [0, 0.1) is 5.41 Å². The van der Waals surface area contributed by atoms with Gasteiger partial charge >= 0.3 is 5.97 Å². The highest BCUT2D eigenvalue weighted by Gasteiger charge is 2.21. The molecule has 2 nitrogen and oxygen atoms in total.